The van der Waals surface area contributed by atoms with Gasteiger partial charge < -0.3 is 15.0 Å². The quantitative estimate of drug-likeness (QED) is 0.170. The molecule has 4 rings (SSSR count). The van der Waals surface area contributed by atoms with Gasteiger partial charge in [-0.05, 0) is 74.4 Å². The van der Waals surface area contributed by atoms with Crippen LogP contribution in [0.2, 0.25) is 10.0 Å². The summed E-state index contributed by atoms with van der Waals surface area (Å²) in [5.74, 6) is -0.377. The smallest absolute Gasteiger partial charge is 0.264 e. The highest BCUT2D eigenvalue weighted by molar-refractivity contribution is 7.92. The van der Waals surface area contributed by atoms with Gasteiger partial charge in [-0.3, -0.25) is 13.9 Å². The van der Waals surface area contributed by atoms with Crippen LogP contribution in [0.25, 0.3) is 0 Å². The zero-order valence-electron chi connectivity index (χ0n) is 26.1. The lowest BCUT2D eigenvalue weighted by Gasteiger charge is -2.34. The third kappa shape index (κ3) is 8.81. The van der Waals surface area contributed by atoms with E-state index in [0.717, 1.165) is 15.4 Å². The van der Waals surface area contributed by atoms with Crippen LogP contribution in [-0.4, -0.2) is 50.9 Å². The first-order valence-corrected chi connectivity index (χ1v) is 16.9. The minimum absolute atomic E-state index is 0.00490. The van der Waals surface area contributed by atoms with Gasteiger partial charge in [0.05, 0.1) is 27.7 Å². The van der Waals surface area contributed by atoms with Gasteiger partial charge in [0.2, 0.25) is 11.8 Å². The SMILES string of the molecule is COc1cccc(CN(C(=O)CN(c2ccc(Cl)c(Cl)c2)S(=O)(=O)c2ccc(C)cc2)[C@@H](Cc2ccccc2)C(=O)NC(C)C)c1. The first-order valence-electron chi connectivity index (χ1n) is 14.7. The number of amides is 2. The number of hydrogen-bond donors (Lipinski definition) is 1. The lowest BCUT2D eigenvalue weighted by molar-refractivity contribution is -0.140. The summed E-state index contributed by atoms with van der Waals surface area (Å²) < 4.78 is 34.7. The van der Waals surface area contributed by atoms with Gasteiger partial charge in [0.25, 0.3) is 10.0 Å². The average Bonchev–Trinajstić information content (AvgIpc) is 3.03. The Morgan fingerprint density at radius 2 is 1.52 bits per heavy atom. The molecule has 1 N–H and O–H groups in total. The van der Waals surface area contributed by atoms with Gasteiger partial charge in [-0.15, -0.1) is 0 Å². The van der Waals surface area contributed by atoms with E-state index in [2.05, 4.69) is 5.32 Å². The van der Waals surface area contributed by atoms with E-state index in [4.69, 9.17) is 27.9 Å². The van der Waals surface area contributed by atoms with Gasteiger partial charge in [-0.2, -0.15) is 0 Å². The summed E-state index contributed by atoms with van der Waals surface area (Å²) in [6, 6.07) is 26.1. The Balaban J connectivity index is 1.83. The Bertz CT molecular complexity index is 1770. The van der Waals surface area contributed by atoms with Crippen LogP contribution < -0.4 is 14.4 Å². The van der Waals surface area contributed by atoms with Gasteiger partial charge >= 0.3 is 0 Å². The van der Waals surface area contributed by atoms with Crippen molar-refractivity contribution in [3.8, 4) is 5.75 Å². The summed E-state index contributed by atoms with van der Waals surface area (Å²) in [6.45, 7) is 4.93. The molecule has 0 fully saturated rings. The van der Waals surface area contributed by atoms with Crippen molar-refractivity contribution < 1.29 is 22.7 Å². The molecule has 0 saturated heterocycles. The van der Waals surface area contributed by atoms with Crippen LogP contribution in [0.5, 0.6) is 5.75 Å². The molecule has 4 aromatic rings. The Hall–Kier alpha value is -4.05. The van der Waals surface area contributed by atoms with Gasteiger partial charge in [0.15, 0.2) is 0 Å². The van der Waals surface area contributed by atoms with Crippen LogP contribution in [0.1, 0.15) is 30.5 Å². The Morgan fingerprint density at radius 3 is 2.15 bits per heavy atom. The van der Waals surface area contributed by atoms with E-state index < -0.39 is 28.5 Å². The number of carbonyl (C=O) groups excluding carboxylic acids is 2. The van der Waals surface area contributed by atoms with Gasteiger partial charge in [0, 0.05) is 19.0 Å². The molecule has 0 heterocycles. The predicted octanol–water partition coefficient (Wildman–Crippen LogP) is 6.67. The summed E-state index contributed by atoms with van der Waals surface area (Å²) in [5.41, 5.74) is 2.56. The molecule has 0 radical (unpaired) electrons. The molecule has 0 saturated carbocycles. The van der Waals surface area contributed by atoms with Crippen molar-refractivity contribution in [2.24, 2.45) is 0 Å². The molecule has 46 heavy (non-hydrogen) atoms. The highest BCUT2D eigenvalue weighted by Crippen LogP contribution is 2.31. The van der Waals surface area contributed by atoms with Crippen LogP contribution >= 0.6 is 23.2 Å². The van der Waals surface area contributed by atoms with E-state index in [9.17, 15) is 18.0 Å². The minimum atomic E-state index is -4.27. The maximum atomic E-state index is 14.5. The number of nitrogens with one attached hydrogen (secondary N) is 1. The molecule has 0 aliphatic heterocycles. The van der Waals surface area contributed by atoms with Crippen LogP contribution in [-0.2, 0) is 32.6 Å². The van der Waals surface area contributed by atoms with E-state index >= 15 is 0 Å². The lowest BCUT2D eigenvalue weighted by atomic mass is 10.0. The number of benzene rings is 4. The van der Waals surface area contributed by atoms with Crippen molar-refractivity contribution in [2.45, 2.75) is 50.7 Å². The third-order valence-corrected chi connectivity index (χ3v) is 9.80. The maximum absolute atomic E-state index is 14.5. The number of rotatable bonds is 13. The third-order valence-electron chi connectivity index (χ3n) is 7.27. The summed E-state index contributed by atoms with van der Waals surface area (Å²) >= 11 is 12.5. The molecule has 2 amide bonds. The number of halogens is 2. The van der Waals surface area contributed by atoms with Crippen molar-refractivity contribution >= 4 is 50.7 Å². The number of carbonyl (C=O) groups is 2. The fourth-order valence-electron chi connectivity index (χ4n) is 4.91. The number of hydrogen-bond acceptors (Lipinski definition) is 5. The van der Waals surface area contributed by atoms with Crippen LogP contribution in [0.15, 0.2) is 102 Å². The highest BCUT2D eigenvalue weighted by Gasteiger charge is 2.35. The Morgan fingerprint density at radius 1 is 0.848 bits per heavy atom. The molecule has 242 valence electrons. The number of sulfonamides is 1. The molecular weight excluding hydrogens is 645 g/mol. The standard InChI is InChI=1S/C35H37Cl2N3O5S/c1-24(2)38-35(42)33(20-26-9-6-5-7-10-26)39(22-27-11-8-12-29(19-27)45-4)34(41)23-40(28-15-18-31(36)32(37)21-28)46(43,44)30-16-13-25(3)14-17-30/h5-19,21,24,33H,20,22-23H2,1-4H3,(H,38,42)/t33-/m0/s1. The first kappa shape index (κ1) is 34.8. The first-order chi connectivity index (χ1) is 21.9. The van der Waals surface area contributed by atoms with E-state index in [1.165, 1.54) is 35.2 Å². The summed E-state index contributed by atoms with van der Waals surface area (Å²) in [6.07, 6.45) is 0.201. The summed E-state index contributed by atoms with van der Waals surface area (Å²) in [4.78, 5) is 29.8. The Labute approximate surface area is 280 Å². The molecule has 8 nitrogen and oxygen atoms in total. The molecule has 0 aromatic heterocycles. The average molecular weight is 683 g/mol. The predicted molar refractivity (Wildman–Crippen MR) is 183 cm³/mol. The Kier molecular flexibility index (Phi) is 11.7. The van der Waals surface area contributed by atoms with Gasteiger partial charge in [-0.1, -0.05) is 83.4 Å². The molecule has 0 aliphatic carbocycles. The van der Waals surface area contributed by atoms with Crippen LogP contribution in [0, 0.1) is 6.92 Å². The molecule has 0 spiro atoms. The molecule has 1 atom stereocenters. The normalized spacial score (nSPS) is 12.0. The second kappa shape index (κ2) is 15.5. The van der Waals surface area contributed by atoms with E-state index in [-0.39, 0.29) is 45.5 Å². The molecule has 11 heteroatoms. The van der Waals surface area contributed by atoms with E-state index in [1.54, 1.807) is 37.4 Å². The molecule has 4 aromatic carbocycles. The largest absolute Gasteiger partial charge is 0.497 e. The second-order valence-corrected chi connectivity index (χ2v) is 13.8. The van der Waals surface area contributed by atoms with Gasteiger partial charge in [-0.25, -0.2) is 8.42 Å². The lowest BCUT2D eigenvalue weighted by Crippen LogP contribution is -2.54. The summed E-state index contributed by atoms with van der Waals surface area (Å²) in [7, 11) is -2.73. The van der Waals surface area contributed by atoms with Crippen molar-refractivity contribution in [3.63, 3.8) is 0 Å². The highest BCUT2D eigenvalue weighted by atomic mass is 35.5. The fourth-order valence-corrected chi connectivity index (χ4v) is 6.61. The summed E-state index contributed by atoms with van der Waals surface area (Å²) in [5, 5.41) is 3.31. The fraction of sp³-hybridized carbons (Fsp3) is 0.257. The zero-order chi connectivity index (χ0) is 33.4. The van der Waals surface area contributed by atoms with Crippen molar-refractivity contribution in [1.29, 1.82) is 0 Å². The molecule has 0 bridgehead atoms. The number of ether oxygens (including phenoxy) is 1. The number of methoxy groups -OCH3 is 1. The number of aryl methyl sites for hydroxylation is 1. The molecular formula is C35H37Cl2N3O5S. The van der Waals surface area contributed by atoms with Crippen molar-refractivity contribution in [1.82, 2.24) is 10.2 Å². The number of anilines is 1. The molecule has 0 aliphatic rings. The van der Waals surface area contributed by atoms with E-state index in [1.807, 2.05) is 57.2 Å². The van der Waals surface area contributed by atoms with Gasteiger partial charge in [0.1, 0.15) is 18.3 Å². The molecule has 0 unspecified atom stereocenters. The minimum Gasteiger partial charge on any atom is -0.497 e. The van der Waals surface area contributed by atoms with Crippen molar-refractivity contribution in [3.05, 3.63) is 124 Å². The monoisotopic (exact) mass is 681 g/mol. The van der Waals surface area contributed by atoms with Crippen LogP contribution in [0.4, 0.5) is 5.69 Å². The zero-order valence-corrected chi connectivity index (χ0v) is 28.4. The van der Waals surface area contributed by atoms with Crippen LogP contribution in [0.3, 0.4) is 0 Å². The van der Waals surface area contributed by atoms with E-state index in [0.29, 0.717) is 11.3 Å². The maximum Gasteiger partial charge on any atom is 0.264 e. The van der Waals surface area contributed by atoms with Crippen molar-refractivity contribution in [2.75, 3.05) is 18.0 Å². The second-order valence-electron chi connectivity index (χ2n) is 11.2. The topological polar surface area (TPSA) is 96.0 Å². The number of nitrogens with zero attached hydrogens (tertiary/aromatic N) is 2.